The maximum Gasteiger partial charge on any atom is 0.244 e. The fraction of sp³-hybridized carbons (Fsp3) is 0.120. The Balaban J connectivity index is 1.76. The van der Waals surface area contributed by atoms with Gasteiger partial charge in [0.05, 0.1) is 16.6 Å². The lowest BCUT2D eigenvalue weighted by Gasteiger charge is -2.13. The van der Waals surface area contributed by atoms with Crippen LogP contribution < -0.4 is 10.7 Å². The number of pyridine rings is 2. The lowest BCUT2D eigenvalue weighted by molar-refractivity contribution is -0.116. The summed E-state index contributed by atoms with van der Waals surface area (Å²) in [6, 6.07) is 14.4. The van der Waals surface area contributed by atoms with Crippen molar-refractivity contribution in [1.29, 1.82) is 0 Å². The summed E-state index contributed by atoms with van der Waals surface area (Å²) in [6.07, 6.45) is 1.34. The molecular formula is C25H19BrFN3O3. The van der Waals surface area contributed by atoms with Crippen molar-refractivity contribution in [2.75, 3.05) is 5.32 Å². The standard InChI is InChI=1S/C25H19BrFN3O3/c1-14-3-6-16(7-4-14)23(32)19-12-30(25-18(24(19)33)9-5-15(2)28-25)13-22(31)29-21-10-8-17(26)11-20(21)27/h3-12H,13H2,1-2H3,(H,29,31). The number of nitrogens with one attached hydrogen (secondary N) is 1. The van der Waals surface area contributed by atoms with Crippen LogP contribution in [0.2, 0.25) is 0 Å². The van der Waals surface area contributed by atoms with Gasteiger partial charge in [-0.15, -0.1) is 0 Å². The molecule has 0 fully saturated rings. The first kappa shape index (κ1) is 22.5. The Morgan fingerprint density at radius 3 is 2.48 bits per heavy atom. The van der Waals surface area contributed by atoms with Crippen LogP contribution in [0.25, 0.3) is 11.0 Å². The molecule has 8 heteroatoms. The van der Waals surface area contributed by atoms with Gasteiger partial charge in [0.2, 0.25) is 11.3 Å². The van der Waals surface area contributed by atoms with Gasteiger partial charge in [-0.2, -0.15) is 0 Å². The van der Waals surface area contributed by atoms with E-state index in [1.807, 2.05) is 6.92 Å². The Morgan fingerprint density at radius 2 is 1.79 bits per heavy atom. The second-order valence-corrected chi connectivity index (χ2v) is 8.61. The van der Waals surface area contributed by atoms with Crippen molar-refractivity contribution >= 4 is 44.3 Å². The zero-order chi connectivity index (χ0) is 23.7. The van der Waals surface area contributed by atoms with E-state index in [0.717, 1.165) is 5.56 Å². The van der Waals surface area contributed by atoms with Crippen LogP contribution in [0.3, 0.4) is 0 Å². The van der Waals surface area contributed by atoms with Crippen molar-refractivity contribution in [3.05, 3.63) is 104 Å². The summed E-state index contributed by atoms with van der Waals surface area (Å²) in [5.74, 6) is -1.57. The molecule has 2 aromatic heterocycles. The van der Waals surface area contributed by atoms with Gasteiger partial charge in [-0.3, -0.25) is 14.4 Å². The molecule has 0 bridgehead atoms. The number of hydrogen-bond donors (Lipinski definition) is 1. The number of carbonyl (C=O) groups excluding carboxylic acids is 2. The minimum Gasteiger partial charge on any atom is -0.322 e. The molecular weight excluding hydrogens is 489 g/mol. The maximum atomic E-state index is 14.1. The fourth-order valence-electron chi connectivity index (χ4n) is 3.44. The summed E-state index contributed by atoms with van der Waals surface area (Å²) in [5.41, 5.74) is 1.76. The molecule has 6 nitrogen and oxygen atoms in total. The minimum atomic E-state index is -0.591. The lowest BCUT2D eigenvalue weighted by Crippen LogP contribution is -2.25. The summed E-state index contributed by atoms with van der Waals surface area (Å²) in [6.45, 7) is 3.39. The van der Waals surface area contributed by atoms with Crippen molar-refractivity contribution < 1.29 is 14.0 Å². The molecule has 4 rings (SSSR count). The third kappa shape index (κ3) is 4.75. The molecule has 2 aromatic carbocycles. The summed E-state index contributed by atoms with van der Waals surface area (Å²) >= 11 is 3.17. The highest BCUT2D eigenvalue weighted by molar-refractivity contribution is 9.10. The van der Waals surface area contributed by atoms with E-state index in [9.17, 15) is 18.8 Å². The summed E-state index contributed by atoms with van der Waals surface area (Å²) < 4.78 is 16.1. The van der Waals surface area contributed by atoms with Gasteiger partial charge in [0.25, 0.3) is 0 Å². The van der Waals surface area contributed by atoms with Crippen LogP contribution in [0, 0.1) is 19.7 Å². The molecule has 0 aliphatic rings. The quantitative estimate of drug-likeness (QED) is 0.394. The summed E-state index contributed by atoms with van der Waals surface area (Å²) in [5, 5.41) is 2.74. The number of aryl methyl sites for hydroxylation is 2. The van der Waals surface area contributed by atoms with Crippen LogP contribution in [0.4, 0.5) is 10.1 Å². The molecule has 0 saturated carbocycles. The van der Waals surface area contributed by atoms with Gasteiger partial charge in [-0.05, 0) is 44.2 Å². The first-order valence-corrected chi connectivity index (χ1v) is 10.9. The van der Waals surface area contributed by atoms with Gasteiger partial charge in [0.1, 0.15) is 18.0 Å². The SMILES string of the molecule is Cc1ccc(C(=O)c2cn(CC(=O)Nc3ccc(Br)cc3F)c3nc(C)ccc3c2=O)cc1. The molecule has 2 heterocycles. The molecule has 33 heavy (non-hydrogen) atoms. The molecule has 4 aromatic rings. The van der Waals surface area contributed by atoms with Crippen LogP contribution in [0.1, 0.15) is 27.2 Å². The number of benzene rings is 2. The van der Waals surface area contributed by atoms with Crippen molar-refractivity contribution in [3.8, 4) is 0 Å². The van der Waals surface area contributed by atoms with Crippen molar-refractivity contribution in [2.45, 2.75) is 20.4 Å². The highest BCUT2D eigenvalue weighted by Crippen LogP contribution is 2.20. The van der Waals surface area contributed by atoms with E-state index in [0.29, 0.717) is 15.7 Å². The highest BCUT2D eigenvalue weighted by Gasteiger charge is 2.19. The lowest BCUT2D eigenvalue weighted by atomic mass is 10.0. The molecule has 0 spiro atoms. The number of ketones is 1. The number of amides is 1. The van der Waals surface area contributed by atoms with Crippen LogP contribution in [-0.4, -0.2) is 21.2 Å². The van der Waals surface area contributed by atoms with Gasteiger partial charge in [-0.1, -0.05) is 45.8 Å². The van der Waals surface area contributed by atoms with Gasteiger partial charge in [0.15, 0.2) is 5.78 Å². The number of rotatable bonds is 5. The van der Waals surface area contributed by atoms with Gasteiger partial charge >= 0.3 is 0 Å². The number of anilines is 1. The molecule has 1 N–H and O–H groups in total. The van der Waals surface area contributed by atoms with Crippen molar-refractivity contribution in [3.63, 3.8) is 0 Å². The van der Waals surface area contributed by atoms with Gasteiger partial charge in [-0.25, -0.2) is 9.37 Å². The zero-order valence-electron chi connectivity index (χ0n) is 17.9. The molecule has 166 valence electrons. The number of nitrogens with zero attached hydrogens (tertiary/aromatic N) is 2. The molecule has 1 amide bonds. The average Bonchev–Trinajstić information content (AvgIpc) is 2.77. The van der Waals surface area contributed by atoms with Gasteiger partial charge < -0.3 is 9.88 Å². The third-order valence-electron chi connectivity index (χ3n) is 5.14. The largest absolute Gasteiger partial charge is 0.322 e. The van der Waals surface area contributed by atoms with Crippen molar-refractivity contribution in [1.82, 2.24) is 9.55 Å². The predicted octanol–water partition coefficient (Wildman–Crippen LogP) is 4.78. The van der Waals surface area contributed by atoms with Crippen LogP contribution >= 0.6 is 15.9 Å². The Hall–Kier alpha value is -3.65. The zero-order valence-corrected chi connectivity index (χ0v) is 19.4. The van der Waals surface area contributed by atoms with E-state index in [2.05, 4.69) is 26.2 Å². The van der Waals surface area contributed by atoms with Crippen LogP contribution in [-0.2, 0) is 11.3 Å². The van der Waals surface area contributed by atoms with Gasteiger partial charge in [0, 0.05) is 21.9 Å². The van der Waals surface area contributed by atoms with E-state index in [4.69, 9.17) is 0 Å². The van der Waals surface area contributed by atoms with E-state index in [1.165, 1.54) is 22.9 Å². The van der Waals surface area contributed by atoms with Crippen molar-refractivity contribution in [2.24, 2.45) is 0 Å². The van der Waals surface area contributed by atoms with E-state index < -0.39 is 22.9 Å². The molecule has 0 aliphatic heterocycles. The number of halogens is 2. The Labute approximate surface area is 197 Å². The average molecular weight is 508 g/mol. The highest BCUT2D eigenvalue weighted by atomic mass is 79.9. The molecule has 0 atom stereocenters. The minimum absolute atomic E-state index is 0.0219. The molecule has 0 radical (unpaired) electrons. The fourth-order valence-corrected chi connectivity index (χ4v) is 3.77. The molecule has 0 aliphatic carbocycles. The summed E-state index contributed by atoms with van der Waals surface area (Å²) in [7, 11) is 0. The van der Waals surface area contributed by atoms with Crippen LogP contribution in [0.15, 0.2) is 70.1 Å². The summed E-state index contributed by atoms with van der Waals surface area (Å²) in [4.78, 5) is 43.3. The predicted molar refractivity (Wildman–Crippen MR) is 128 cm³/mol. The first-order chi connectivity index (χ1) is 15.7. The Kier molecular flexibility index (Phi) is 6.20. The smallest absolute Gasteiger partial charge is 0.244 e. The van der Waals surface area contributed by atoms with E-state index in [1.54, 1.807) is 49.4 Å². The number of carbonyl (C=O) groups is 2. The number of aromatic nitrogens is 2. The normalized spacial score (nSPS) is 10.9. The monoisotopic (exact) mass is 507 g/mol. The topological polar surface area (TPSA) is 81.1 Å². The maximum absolute atomic E-state index is 14.1. The second kappa shape index (κ2) is 9.07. The van der Waals surface area contributed by atoms with Crippen LogP contribution in [0.5, 0.6) is 0 Å². The van der Waals surface area contributed by atoms with E-state index >= 15 is 0 Å². The Bertz CT molecular complexity index is 1460. The molecule has 0 saturated heterocycles. The molecule has 0 unspecified atom stereocenters. The third-order valence-corrected chi connectivity index (χ3v) is 5.63. The second-order valence-electron chi connectivity index (χ2n) is 7.69. The van der Waals surface area contributed by atoms with E-state index in [-0.39, 0.29) is 28.8 Å². The number of hydrogen-bond acceptors (Lipinski definition) is 4. The Morgan fingerprint density at radius 1 is 1.06 bits per heavy atom. The number of fused-ring (bicyclic) bond motifs is 1. The first-order valence-electron chi connectivity index (χ1n) is 10.1.